The van der Waals surface area contributed by atoms with Gasteiger partial charge in [0.1, 0.15) is 18.4 Å². The van der Waals surface area contributed by atoms with Crippen LogP contribution in [0.25, 0.3) is 0 Å². The molecule has 0 radical (unpaired) electrons. The predicted molar refractivity (Wildman–Crippen MR) is 157 cm³/mol. The van der Waals surface area contributed by atoms with Crippen LogP contribution in [0.2, 0.25) is 0 Å². The highest BCUT2D eigenvalue weighted by Crippen LogP contribution is 2.01. The van der Waals surface area contributed by atoms with E-state index in [1.54, 1.807) is 14.1 Å². The number of nitrogens with two attached hydrogens (primary N) is 4. The lowest BCUT2D eigenvalue weighted by Crippen LogP contribution is -2.55. The van der Waals surface area contributed by atoms with Gasteiger partial charge in [0.2, 0.25) is 29.5 Å². The molecule has 14 N–H and O–H groups in total. The molecular formula is C24H46N12O6. The largest absolute Gasteiger partial charge is 0.370 e. The Morgan fingerprint density at radius 3 is 2.14 bits per heavy atom. The smallest absolute Gasteiger partial charge is 0.243 e. The molecule has 42 heavy (non-hydrogen) atoms. The molecule has 0 aliphatic rings. The molecule has 18 nitrogen and oxygen atoms in total. The maximum Gasteiger partial charge on any atom is 0.243 e. The molecule has 0 fully saturated rings. The summed E-state index contributed by atoms with van der Waals surface area (Å²) in [6, 6.07) is -3.95. The van der Waals surface area contributed by atoms with Crippen molar-refractivity contribution in [3.05, 3.63) is 0 Å². The van der Waals surface area contributed by atoms with E-state index >= 15 is 0 Å². The van der Waals surface area contributed by atoms with E-state index in [0.717, 1.165) is 0 Å². The number of guanidine groups is 2. The SMILES string of the molecule is CN=C(NC)NCCC[C@H](NC(=O)[C@H](C)NC(=O)[C@@H](N)CCCN=C(N)N)C(=O)NCC(=O)N[C@H](C=O)CCC(N)=O. The Labute approximate surface area is 245 Å². The van der Waals surface area contributed by atoms with Crippen molar-refractivity contribution < 1.29 is 28.8 Å². The number of nitrogens with zero attached hydrogens (tertiary/aromatic N) is 2. The van der Waals surface area contributed by atoms with Crippen molar-refractivity contribution in [2.75, 3.05) is 33.7 Å². The number of nitrogens with one attached hydrogen (secondary N) is 6. The summed E-state index contributed by atoms with van der Waals surface area (Å²) >= 11 is 0. The fourth-order valence-corrected chi connectivity index (χ4v) is 3.41. The van der Waals surface area contributed by atoms with E-state index in [9.17, 15) is 28.8 Å². The number of amides is 5. The molecule has 238 valence electrons. The number of rotatable bonds is 20. The van der Waals surface area contributed by atoms with Crippen molar-refractivity contribution in [3.8, 4) is 0 Å². The fraction of sp³-hybridized carbons (Fsp3) is 0.667. The first-order valence-corrected chi connectivity index (χ1v) is 13.4. The summed E-state index contributed by atoms with van der Waals surface area (Å²) in [6.45, 7) is 1.66. The molecule has 18 heteroatoms. The number of primary amides is 1. The predicted octanol–water partition coefficient (Wildman–Crippen LogP) is -5.00. The Bertz CT molecular complexity index is 970. The first-order valence-electron chi connectivity index (χ1n) is 13.4. The van der Waals surface area contributed by atoms with Gasteiger partial charge in [0.05, 0.1) is 18.6 Å². The highest BCUT2D eigenvalue weighted by Gasteiger charge is 2.26. The van der Waals surface area contributed by atoms with Crippen LogP contribution in [0.3, 0.4) is 0 Å². The summed E-state index contributed by atoms with van der Waals surface area (Å²) in [5.74, 6) is -2.71. The third-order valence-electron chi connectivity index (χ3n) is 5.75. The Morgan fingerprint density at radius 2 is 1.57 bits per heavy atom. The highest BCUT2D eigenvalue weighted by atomic mass is 16.2. The van der Waals surface area contributed by atoms with Crippen LogP contribution >= 0.6 is 0 Å². The van der Waals surface area contributed by atoms with E-state index in [1.165, 1.54) is 6.92 Å². The van der Waals surface area contributed by atoms with E-state index in [-0.39, 0.29) is 31.6 Å². The average Bonchev–Trinajstić information content (AvgIpc) is 2.94. The van der Waals surface area contributed by atoms with Gasteiger partial charge in [0.15, 0.2) is 11.9 Å². The molecule has 0 aromatic heterocycles. The summed E-state index contributed by atoms with van der Waals surface area (Å²) in [7, 11) is 3.28. The van der Waals surface area contributed by atoms with Crippen LogP contribution in [0.1, 0.15) is 45.4 Å². The van der Waals surface area contributed by atoms with Gasteiger partial charge in [-0.05, 0) is 39.0 Å². The molecule has 0 aromatic carbocycles. The lowest BCUT2D eigenvalue weighted by atomic mass is 10.1. The number of aliphatic imine (C=N–C) groups is 2. The second-order valence-corrected chi connectivity index (χ2v) is 9.27. The molecule has 0 heterocycles. The van der Waals surface area contributed by atoms with Crippen LogP contribution in [-0.2, 0) is 28.8 Å². The van der Waals surface area contributed by atoms with Gasteiger partial charge in [-0.2, -0.15) is 0 Å². The number of hydrogen-bond acceptors (Lipinski definition) is 9. The van der Waals surface area contributed by atoms with Gasteiger partial charge >= 0.3 is 0 Å². The van der Waals surface area contributed by atoms with Crippen LogP contribution in [-0.4, -0.2) is 106 Å². The fourth-order valence-electron chi connectivity index (χ4n) is 3.41. The van der Waals surface area contributed by atoms with Crippen molar-refractivity contribution in [2.45, 2.75) is 69.6 Å². The molecule has 0 rings (SSSR count). The van der Waals surface area contributed by atoms with Gasteiger partial charge in [0, 0.05) is 33.6 Å². The van der Waals surface area contributed by atoms with E-state index in [1.807, 2.05) is 0 Å². The van der Waals surface area contributed by atoms with E-state index in [0.29, 0.717) is 38.2 Å². The van der Waals surface area contributed by atoms with E-state index < -0.39 is 60.2 Å². The van der Waals surface area contributed by atoms with Gasteiger partial charge in [-0.15, -0.1) is 0 Å². The molecule has 0 saturated carbocycles. The molecular weight excluding hydrogens is 552 g/mol. The summed E-state index contributed by atoms with van der Waals surface area (Å²) < 4.78 is 0. The third kappa shape index (κ3) is 17.3. The summed E-state index contributed by atoms with van der Waals surface area (Å²) in [5.41, 5.74) is 21.5. The van der Waals surface area contributed by atoms with Crippen LogP contribution in [0.4, 0.5) is 0 Å². The summed E-state index contributed by atoms with van der Waals surface area (Å²) in [6.07, 6.45) is 1.70. The minimum atomic E-state index is -1.06. The van der Waals surface area contributed by atoms with Gasteiger partial charge in [-0.25, -0.2) is 0 Å². The van der Waals surface area contributed by atoms with E-state index in [2.05, 4.69) is 41.9 Å². The van der Waals surface area contributed by atoms with Crippen molar-refractivity contribution >= 4 is 47.7 Å². The Morgan fingerprint density at radius 1 is 0.881 bits per heavy atom. The molecule has 0 saturated heterocycles. The van der Waals surface area contributed by atoms with Crippen molar-refractivity contribution in [1.29, 1.82) is 0 Å². The maximum absolute atomic E-state index is 12.9. The van der Waals surface area contributed by atoms with Gasteiger partial charge in [-0.3, -0.25) is 34.0 Å². The molecule has 0 unspecified atom stereocenters. The molecule has 0 bridgehead atoms. The normalized spacial score (nSPS) is 13.8. The van der Waals surface area contributed by atoms with Crippen molar-refractivity contribution in [1.82, 2.24) is 31.9 Å². The van der Waals surface area contributed by atoms with Gasteiger partial charge < -0.3 is 59.6 Å². The minimum absolute atomic E-state index is 0.0173. The summed E-state index contributed by atoms with van der Waals surface area (Å²) in [5, 5.41) is 15.8. The number of carbonyl (C=O) groups is 6. The number of aldehydes is 1. The van der Waals surface area contributed by atoms with Crippen molar-refractivity contribution in [2.24, 2.45) is 32.9 Å². The first-order chi connectivity index (χ1) is 19.8. The molecule has 0 aliphatic heterocycles. The second-order valence-electron chi connectivity index (χ2n) is 9.27. The van der Waals surface area contributed by atoms with Gasteiger partial charge in [-0.1, -0.05) is 0 Å². The zero-order valence-electron chi connectivity index (χ0n) is 24.4. The van der Waals surface area contributed by atoms with Crippen LogP contribution < -0.4 is 54.8 Å². The van der Waals surface area contributed by atoms with Crippen LogP contribution in [0.15, 0.2) is 9.98 Å². The molecule has 0 aromatic rings. The number of hydrogen-bond donors (Lipinski definition) is 10. The Balaban J connectivity index is 5.14. The quantitative estimate of drug-likeness (QED) is 0.0274. The highest BCUT2D eigenvalue weighted by molar-refractivity contribution is 5.94. The summed E-state index contributed by atoms with van der Waals surface area (Å²) in [4.78, 5) is 80.3. The average molecular weight is 599 g/mol. The lowest BCUT2D eigenvalue weighted by molar-refractivity contribution is -0.133. The molecule has 4 atom stereocenters. The molecule has 0 spiro atoms. The van der Waals surface area contributed by atoms with Crippen LogP contribution in [0, 0.1) is 0 Å². The first kappa shape index (κ1) is 37.5. The standard InChI is InChI=1S/C24H46N12O6/c1-14(34-21(41)16(25)6-4-10-31-23(27)28)20(40)36-17(7-5-11-32-24(29-2)30-3)22(42)33-12-19(39)35-15(13-37)8-9-18(26)38/h13-17H,4-12,25H2,1-3H3,(H2,26,38)(H,33,42)(H,34,41)(H,35,39)(H,36,40)(H4,27,28,31)(H2,29,30,32)/t14-,15-,16-,17-/m0/s1. The minimum Gasteiger partial charge on any atom is -0.370 e. The lowest BCUT2D eigenvalue weighted by Gasteiger charge is -2.22. The monoisotopic (exact) mass is 598 g/mol. The topological polar surface area (TPSA) is 303 Å². The Kier molecular flexibility index (Phi) is 19.0. The van der Waals surface area contributed by atoms with Crippen molar-refractivity contribution in [3.63, 3.8) is 0 Å². The number of carbonyl (C=O) groups excluding carboxylic acids is 6. The maximum atomic E-state index is 12.9. The second kappa shape index (κ2) is 21.3. The zero-order chi connectivity index (χ0) is 32.1. The molecule has 5 amide bonds. The molecule has 0 aliphatic carbocycles. The zero-order valence-corrected chi connectivity index (χ0v) is 24.4. The Hall–Kier alpha value is -4.48. The van der Waals surface area contributed by atoms with Crippen LogP contribution in [0.5, 0.6) is 0 Å². The van der Waals surface area contributed by atoms with E-state index in [4.69, 9.17) is 22.9 Å². The van der Waals surface area contributed by atoms with Gasteiger partial charge in [0.25, 0.3) is 0 Å². The third-order valence-corrected chi connectivity index (χ3v) is 5.75.